The van der Waals surface area contributed by atoms with Crippen LogP contribution < -0.4 is 25.6 Å². The number of piperidine rings is 1. The first kappa shape index (κ1) is 26.3. The molecule has 40 heavy (non-hydrogen) atoms. The van der Waals surface area contributed by atoms with Crippen LogP contribution in [0.25, 0.3) is 10.2 Å². The van der Waals surface area contributed by atoms with E-state index in [-0.39, 0.29) is 5.91 Å². The summed E-state index contributed by atoms with van der Waals surface area (Å²) in [5.41, 5.74) is 4.01. The monoisotopic (exact) mass is 557 g/mol. The fourth-order valence-corrected chi connectivity index (χ4v) is 6.53. The summed E-state index contributed by atoms with van der Waals surface area (Å²) < 4.78 is 6.71. The number of carbonyl (C=O) groups excluding carboxylic acids is 1. The average molecular weight is 558 g/mol. The molecule has 0 spiro atoms. The van der Waals surface area contributed by atoms with Crippen LogP contribution in [0.5, 0.6) is 5.75 Å². The lowest BCUT2D eigenvalue weighted by Gasteiger charge is -2.38. The first-order valence-electron chi connectivity index (χ1n) is 13.9. The van der Waals surface area contributed by atoms with Gasteiger partial charge in [-0.3, -0.25) is 4.79 Å². The van der Waals surface area contributed by atoms with Crippen molar-refractivity contribution >= 4 is 56.3 Å². The number of aromatic nitrogens is 2. The highest BCUT2D eigenvalue weighted by atomic mass is 32.1. The molecule has 2 saturated heterocycles. The van der Waals surface area contributed by atoms with E-state index in [9.17, 15) is 4.79 Å². The maximum Gasteiger partial charge on any atom is 0.253 e. The van der Waals surface area contributed by atoms with Crippen molar-refractivity contribution in [3.63, 3.8) is 0 Å². The van der Waals surface area contributed by atoms with Gasteiger partial charge in [-0.1, -0.05) is 12.1 Å². The molecule has 4 aromatic rings. The SMILES string of the molecule is CNC(=O)c1ccccc1Nc1nc(Nc2ccc(N3CCC(N4CCCC4)CC3)cc2OC)nc2ccsc12. The molecular formula is C30H35N7O2S. The molecule has 2 aliphatic rings. The second-order valence-electron chi connectivity index (χ2n) is 10.3. The van der Waals surface area contributed by atoms with Gasteiger partial charge in [-0.2, -0.15) is 4.98 Å². The van der Waals surface area contributed by atoms with Gasteiger partial charge in [0, 0.05) is 37.9 Å². The van der Waals surface area contributed by atoms with Crippen LogP contribution >= 0.6 is 11.3 Å². The number of benzene rings is 2. The standard InChI is InChI=1S/C30H35N7O2S/c1-31-29(38)22-7-3-4-8-23(22)32-28-27-25(13-18-40-27)34-30(35-28)33-24-10-9-21(19-26(24)39-2)37-16-11-20(12-17-37)36-14-5-6-15-36/h3-4,7-10,13,18-20H,5-6,11-12,14-17H2,1-2H3,(H,31,38)(H2,32,33,34,35). The third-order valence-electron chi connectivity index (χ3n) is 7.87. The molecule has 0 unspecified atom stereocenters. The van der Waals surface area contributed by atoms with Crippen molar-refractivity contribution in [2.24, 2.45) is 0 Å². The molecule has 208 valence electrons. The molecule has 2 fully saturated rings. The van der Waals surface area contributed by atoms with Crippen molar-refractivity contribution < 1.29 is 9.53 Å². The third kappa shape index (κ3) is 5.41. The molecule has 0 aliphatic carbocycles. The predicted octanol–water partition coefficient (Wildman–Crippen LogP) is 5.61. The number of likely N-dealkylation sites (tertiary alicyclic amines) is 1. The summed E-state index contributed by atoms with van der Waals surface area (Å²) in [6.07, 6.45) is 5.09. The average Bonchev–Trinajstić information content (AvgIpc) is 3.70. The number of thiophene rings is 1. The molecule has 0 atom stereocenters. The van der Waals surface area contributed by atoms with Gasteiger partial charge in [0.05, 0.1) is 34.3 Å². The van der Waals surface area contributed by atoms with Gasteiger partial charge in [0.25, 0.3) is 5.91 Å². The second kappa shape index (κ2) is 11.7. The van der Waals surface area contributed by atoms with Gasteiger partial charge in [0.2, 0.25) is 5.95 Å². The number of nitrogens with one attached hydrogen (secondary N) is 3. The van der Waals surface area contributed by atoms with E-state index in [0.717, 1.165) is 40.8 Å². The lowest BCUT2D eigenvalue weighted by molar-refractivity contribution is 0.0964. The Morgan fingerprint density at radius 2 is 1.77 bits per heavy atom. The van der Waals surface area contributed by atoms with Gasteiger partial charge in [-0.05, 0) is 74.5 Å². The van der Waals surface area contributed by atoms with E-state index in [4.69, 9.17) is 14.7 Å². The molecule has 2 aromatic heterocycles. The number of fused-ring (bicyclic) bond motifs is 1. The molecule has 0 bridgehead atoms. The van der Waals surface area contributed by atoms with Crippen molar-refractivity contribution in [1.82, 2.24) is 20.2 Å². The number of carbonyl (C=O) groups is 1. The van der Waals surface area contributed by atoms with Crippen LogP contribution in [0.4, 0.5) is 28.8 Å². The first-order chi connectivity index (χ1) is 19.6. The van der Waals surface area contributed by atoms with Crippen LogP contribution in [0, 0.1) is 0 Å². The summed E-state index contributed by atoms with van der Waals surface area (Å²) >= 11 is 1.55. The third-order valence-corrected chi connectivity index (χ3v) is 8.78. The number of amides is 1. The molecule has 1 amide bonds. The first-order valence-corrected chi connectivity index (χ1v) is 14.8. The van der Waals surface area contributed by atoms with Gasteiger partial charge in [-0.25, -0.2) is 4.98 Å². The largest absolute Gasteiger partial charge is 0.494 e. The van der Waals surface area contributed by atoms with Crippen molar-refractivity contribution in [2.45, 2.75) is 31.7 Å². The minimum atomic E-state index is -0.164. The fourth-order valence-electron chi connectivity index (χ4n) is 5.75. The normalized spacial score (nSPS) is 16.3. The highest BCUT2D eigenvalue weighted by Gasteiger charge is 2.27. The highest BCUT2D eigenvalue weighted by molar-refractivity contribution is 7.17. The molecule has 0 radical (unpaired) electrons. The van der Waals surface area contributed by atoms with Gasteiger partial charge < -0.3 is 30.5 Å². The minimum Gasteiger partial charge on any atom is -0.494 e. The number of anilines is 5. The van der Waals surface area contributed by atoms with Crippen LogP contribution in [0.15, 0.2) is 53.9 Å². The molecule has 10 heteroatoms. The van der Waals surface area contributed by atoms with Crippen LogP contribution in [-0.4, -0.2) is 67.2 Å². The lowest BCUT2D eigenvalue weighted by Crippen LogP contribution is -2.43. The van der Waals surface area contributed by atoms with E-state index in [1.165, 1.54) is 44.5 Å². The number of nitrogens with zero attached hydrogens (tertiary/aromatic N) is 4. The maximum atomic E-state index is 12.4. The van der Waals surface area contributed by atoms with Gasteiger partial charge in [0.15, 0.2) is 5.82 Å². The molecule has 9 nitrogen and oxygen atoms in total. The predicted molar refractivity (Wildman–Crippen MR) is 163 cm³/mol. The van der Waals surface area contributed by atoms with Gasteiger partial charge in [-0.15, -0.1) is 11.3 Å². The Balaban J connectivity index is 1.22. The lowest BCUT2D eigenvalue weighted by atomic mass is 10.0. The molecule has 4 heterocycles. The summed E-state index contributed by atoms with van der Waals surface area (Å²) in [5, 5.41) is 11.4. The van der Waals surface area contributed by atoms with E-state index in [0.29, 0.717) is 23.0 Å². The maximum absolute atomic E-state index is 12.4. The number of methoxy groups -OCH3 is 1. The van der Waals surface area contributed by atoms with Crippen LogP contribution in [-0.2, 0) is 0 Å². The molecule has 6 rings (SSSR count). The molecule has 2 aromatic carbocycles. The summed E-state index contributed by atoms with van der Waals surface area (Å²) in [6, 6.07) is 16.4. The number of hydrogen-bond acceptors (Lipinski definition) is 9. The summed E-state index contributed by atoms with van der Waals surface area (Å²) in [7, 11) is 3.31. The summed E-state index contributed by atoms with van der Waals surface area (Å²) in [6.45, 7) is 4.63. The smallest absolute Gasteiger partial charge is 0.253 e. The van der Waals surface area contributed by atoms with E-state index in [2.05, 4.69) is 37.9 Å². The van der Waals surface area contributed by atoms with Gasteiger partial charge in [0.1, 0.15) is 5.75 Å². The number of para-hydroxylation sites is 1. The zero-order chi connectivity index (χ0) is 27.5. The van der Waals surface area contributed by atoms with E-state index < -0.39 is 0 Å². The Morgan fingerprint density at radius 3 is 2.55 bits per heavy atom. The van der Waals surface area contributed by atoms with Crippen LogP contribution in [0.1, 0.15) is 36.0 Å². The Hall–Kier alpha value is -3.89. The van der Waals surface area contributed by atoms with Crippen molar-refractivity contribution in [3.05, 3.63) is 59.5 Å². The number of ether oxygens (including phenoxy) is 1. The van der Waals surface area contributed by atoms with Crippen LogP contribution in [0.2, 0.25) is 0 Å². The quantitative estimate of drug-likeness (QED) is 0.257. The van der Waals surface area contributed by atoms with Gasteiger partial charge >= 0.3 is 0 Å². The zero-order valence-electron chi connectivity index (χ0n) is 22.9. The molecular weight excluding hydrogens is 522 g/mol. The Morgan fingerprint density at radius 1 is 0.975 bits per heavy atom. The number of rotatable bonds is 8. The number of hydrogen-bond donors (Lipinski definition) is 3. The Bertz CT molecular complexity index is 1490. The molecule has 2 aliphatic heterocycles. The molecule has 0 saturated carbocycles. The van der Waals surface area contributed by atoms with E-state index >= 15 is 0 Å². The summed E-state index contributed by atoms with van der Waals surface area (Å²) in [5.74, 6) is 1.66. The molecule has 3 N–H and O–H groups in total. The van der Waals surface area contributed by atoms with Crippen molar-refractivity contribution in [1.29, 1.82) is 0 Å². The Labute approximate surface area is 238 Å². The second-order valence-corrected chi connectivity index (χ2v) is 11.2. The van der Waals surface area contributed by atoms with Crippen LogP contribution in [0.3, 0.4) is 0 Å². The summed E-state index contributed by atoms with van der Waals surface area (Å²) in [4.78, 5) is 27.1. The fraction of sp³-hybridized carbons (Fsp3) is 0.367. The topological polar surface area (TPSA) is 94.6 Å². The van der Waals surface area contributed by atoms with E-state index in [1.807, 2.05) is 35.7 Å². The van der Waals surface area contributed by atoms with E-state index in [1.54, 1.807) is 31.6 Å². The zero-order valence-corrected chi connectivity index (χ0v) is 23.8. The van der Waals surface area contributed by atoms with Crippen molar-refractivity contribution in [3.8, 4) is 5.75 Å². The Kier molecular flexibility index (Phi) is 7.70. The minimum absolute atomic E-state index is 0.164. The highest BCUT2D eigenvalue weighted by Crippen LogP contribution is 2.35. The van der Waals surface area contributed by atoms with Crippen molar-refractivity contribution in [2.75, 3.05) is 55.9 Å².